The number of benzene rings is 5. The SMILES string of the molecule is [2H]C([2H])([2H])c1cc(-c2ccc3c(c2)oc2c(-c4nc5ccccc5n4-c4c(C(C)C)cc(-c5ccccc5)cc4C(C)C)cccc23)cc(C([2H])([2H])[2H])n1. The maximum Gasteiger partial charge on any atom is 0.149 e. The van der Waals surface area contributed by atoms with Crippen LogP contribution in [0, 0.1) is 13.7 Å². The third kappa shape index (κ3) is 5.00. The van der Waals surface area contributed by atoms with E-state index < -0.39 is 13.7 Å². The summed E-state index contributed by atoms with van der Waals surface area (Å²) in [5.41, 5.74) is 10.4. The average molecular weight is 632 g/mol. The zero-order chi connectivity index (χ0) is 38.1. The van der Waals surface area contributed by atoms with Crippen LogP contribution in [0.4, 0.5) is 0 Å². The molecule has 0 spiro atoms. The fourth-order valence-corrected chi connectivity index (χ4v) is 6.90. The summed E-state index contributed by atoms with van der Waals surface area (Å²) >= 11 is 0. The van der Waals surface area contributed by atoms with Crippen LogP contribution in [0.15, 0.2) is 120 Å². The Morgan fingerprint density at radius 1 is 0.604 bits per heavy atom. The Balaban J connectivity index is 1.37. The first-order valence-corrected chi connectivity index (χ1v) is 16.4. The molecule has 236 valence electrons. The maximum atomic E-state index is 7.95. The molecule has 0 radical (unpaired) electrons. The molecule has 0 aliphatic rings. The lowest BCUT2D eigenvalue weighted by atomic mass is 9.88. The quantitative estimate of drug-likeness (QED) is 0.183. The van der Waals surface area contributed by atoms with Crippen molar-refractivity contribution >= 4 is 33.0 Å². The van der Waals surface area contributed by atoms with Crippen molar-refractivity contribution in [2.24, 2.45) is 0 Å². The Hall–Kier alpha value is -5.48. The van der Waals surface area contributed by atoms with Gasteiger partial charge in [-0.15, -0.1) is 0 Å². The molecule has 0 atom stereocenters. The summed E-state index contributed by atoms with van der Waals surface area (Å²) in [6.45, 7) is 3.79. The normalized spacial score (nSPS) is 14.3. The summed E-state index contributed by atoms with van der Waals surface area (Å²) in [7, 11) is 0. The molecule has 8 rings (SSSR count). The molecule has 8 aromatic rings. The van der Waals surface area contributed by atoms with Crippen molar-refractivity contribution in [3.63, 3.8) is 0 Å². The largest absolute Gasteiger partial charge is 0.455 e. The fraction of sp³-hybridized carbons (Fsp3) is 0.182. The van der Waals surface area contributed by atoms with Crippen molar-refractivity contribution in [1.29, 1.82) is 0 Å². The number of para-hydroxylation sites is 3. The number of hydrogen-bond donors (Lipinski definition) is 0. The molecule has 3 heterocycles. The predicted molar refractivity (Wildman–Crippen MR) is 200 cm³/mol. The number of hydrogen-bond acceptors (Lipinski definition) is 3. The van der Waals surface area contributed by atoms with E-state index in [4.69, 9.17) is 17.6 Å². The zero-order valence-electron chi connectivity index (χ0n) is 33.4. The number of pyridine rings is 1. The number of aryl methyl sites for hydroxylation is 2. The van der Waals surface area contributed by atoms with E-state index in [9.17, 15) is 0 Å². The van der Waals surface area contributed by atoms with Crippen molar-refractivity contribution in [2.75, 3.05) is 0 Å². The molecule has 4 nitrogen and oxygen atoms in total. The predicted octanol–water partition coefficient (Wildman–Crippen LogP) is 12.2. The topological polar surface area (TPSA) is 43.9 Å². The molecule has 0 amide bonds. The minimum absolute atomic E-state index is 0.209. The molecule has 5 aromatic carbocycles. The Morgan fingerprint density at radius 3 is 2.00 bits per heavy atom. The van der Waals surface area contributed by atoms with Gasteiger partial charge in [-0.2, -0.15) is 0 Å². The van der Waals surface area contributed by atoms with Crippen LogP contribution in [-0.2, 0) is 0 Å². The van der Waals surface area contributed by atoms with E-state index in [0.29, 0.717) is 22.3 Å². The van der Waals surface area contributed by atoms with Gasteiger partial charge in [-0.25, -0.2) is 4.98 Å². The highest BCUT2D eigenvalue weighted by Gasteiger charge is 2.25. The van der Waals surface area contributed by atoms with Gasteiger partial charge in [0.25, 0.3) is 0 Å². The Kier molecular flexibility index (Phi) is 5.77. The second-order valence-electron chi connectivity index (χ2n) is 13.1. The number of nitrogens with zero attached hydrogens (tertiary/aromatic N) is 3. The standard InChI is InChI=1S/C44H39N3O/c1-26(2)37-23-33(30-13-8-7-9-14-30)24-38(27(3)4)42(37)47-40-18-11-10-17-39(40)46-44(47)36-16-12-15-35-34-20-19-31(25-41(34)48-43(35)36)32-21-28(5)45-29(6)22-32/h7-27H,1-6H3/i5D3,6D3. The van der Waals surface area contributed by atoms with Crippen molar-refractivity contribution in [3.05, 3.63) is 138 Å². The minimum atomic E-state index is -2.58. The van der Waals surface area contributed by atoms with Crippen LogP contribution in [-0.4, -0.2) is 14.5 Å². The van der Waals surface area contributed by atoms with Crippen LogP contribution >= 0.6 is 0 Å². The highest BCUT2D eigenvalue weighted by atomic mass is 16.3. The Bertz CT molecular complexity index is 2640. The Labute approximate surface area is 290 Å². The summed E-state index contributed by atoms with van der Waals surface area (Å²) in [4.78, 5) is 9.27. The van der Waals surface area contributed by atoms with Crippen molar-refractivity contribution in [2.45, 2.75) is 53.2 Å². The van der Waals surface area contributed by atoms with E-state index in [-0.39, 0.29) is 23.2 Å². The molecule has 0 bridgehead atoms. The van der Waals surface area contributed by atoms with Crippen molar-refractivity contribution in [1.82, 2.24) is 14.5 Å². The van der Waals surface area contributed by atoms with E-state index in [2.05, 4.69) is 79.7 Å². The first-order valence-electron chi connectivity index (χ1n) is 19.4. The summed E-state index contributed by atoms with van der Waals surface area (Å²) in [5.74, 6) is 1.18. The molecule has 0 fully saturated rings. The number of fused-ring (bicyclic) bond motifs is 4. The van der Waals surface area contributed by atoms with Crippen LogP contribution in [0.25, 0.3) is 72.3 Å². The molecule has 0 saturated heterocycles. The van der Waals surface area contributed by atoms with E-state index in [1.807, 2.05) is 60.7 Å². The van der Waals surface area contributed by atoms with Gasteiger partial charge in [-0.3, -0.25) is 9.55 Å². The number of furan rings is 1. The monoisotopic (exact) mass is 631 g/mol. The number of rotatable bonds is 6. The van der Waals surface area contributed by atoms with Gasteiger partial charge in [-0.1, -0.05) is 88.4 Å². The lowest BCUT2D eigenvalue weighted by Gasteiger charge is -2.24. The van der Waals surface area contributed by atoms with Gasteiger partial charge in [-0.05, 0) is 114 Å². The molecule has 0 aliphatic heterocycles. The van der Waals surface area contributed by atoms with E-state index in [1.54, 1.807) is 0 Å². The van der Waals surface area contributed by atoms with Crippen molar-refractivity contribution in [3.8, 4) is 39.3 Å². The smallest absolute Gasteiger partial charge is 0.149 e. The summed E-state index contributed by atoms with van der Waals surface area (Å²) in [6.07, 6.45) is 0. The molecule has 4 heteroatoms. The number of aromatic nitrogens is 3. The average Bonchev–Trinajstić information content (AvgIpc) is 3.72. The highest BCUT2D eigenvalue weighted by Crippen LogP contribution is 2.43. The van der Waals surface area contributed by atoms with Gasteiger partial charge in [0, 0.05) is 30.4 Å². The van der Waals surface area contributed by atoms with Crippen LogP contribution in [0.1, 0.15) is 70.3 Å². The van der Waals surface area contributed by atoms with Gasteiger partial charge in [0.05, 0.1) is 22.3 Å². The third-order valence-corrected chi connectivity index (χ3v) is 9.20. The third-order valence-electron chi connectivity index (χ3n) is 9.20. The van der Waals surface area contributed by atoms with Crippen molar-refractivity contribution < 1.29 is 12.6 Å². The van der Waals surface area contributed by atoms with Crippen LogP contribution in [0.5, 0.6) is 0 Å². The molecule has 0 N–H and O–H groups in total. The van der Waals surface area contributed by atoms with E-state index >= 15 is 0 Å². The van der Waals surface area contributed by atoms with Crippen LogP contribution in [0.3, 0.4) is 0 Å². The summed E-state index contributed by atoms with van der Waals surface area (Å²) in [5, 5.41) is 1.78. The molecule has 0 aliphatic carbocycles. The van der Waals surface area contributed by atoms with E-state index in [1.165, 1.54) is 34.4 Å². The molecular formula is C44H39N3O. The maximum absolute atomic E-state index is 7.95. The number of imidazole rings is 1. The van der Waals surface area contributed by atoms with Gasteiger partial charge < -0.3 is 4.42 Å². The lowest BCUT2D eigenvalue weighted by molar-refractivity contribution is 0.669. The van der Waals surface area contributed by atoms with Crippen LogP contribution in [0.2, 0.25) is 0 Å². The summed E-state index contributed by atoms with van der Waals surface area (Å²) in [6, 6.07) is 37.9. The fourth-order valence-electron chi connectivity index (χ4n) is 6.90. The summed E-state index contributed by atoms with van der Waals surface area (Å²) < 4.78 is 56.7. The lowest BCUT2D eigenvalue weighted by Crippen LogP contribution is -2.09. The first kappa shape index (κ1) is 23.8. The van der Waals surface area contributed by atoms with Gasteiger partial charge >= 0.3 is 0 Å². The minimum Gasteiger partial charge on any atom is -0.455 e. The molecule has 0 saturated carbocycles. The molecule has 3 aromatic heterocycles. The van der Waals surface area contributed by atoms with Crippen LogP contribution < -0.4 is 0 Å². The molecular weight excluding hydrogens is 587 g/mol. The van der Waals surface area contributed by atoms with Gasteiger partial charge in [0.1, 0.15) is 17.0 Å². The first-order chi connectivity index (χ1) is 25.7. The highest BCUT2D eigenvalue weighted by molar-refractivity contribution is 6.10. The van der Waals surface area contributed by atoms with Gasteiger partial charge in [0.2, 0.25) is 0 Å². The second-order valence-corrected chi connectivity index (χ2v) is 13.1. The second kappa shape index (κ2) is 11.6. The molecule has 48 heavy (non-hydrogen) atoms. The Morgan fingerprint density at radius 2 is 1.29 bits per heavy atom. The van der Waals surface area contributed by atoms with E-state index in [0.717, 1.165) is 38.9 Å². The molecule has 0 unspecified atom stereocenters. The zero-order valence-corrected chi connectivity index (χ0v) is 27.4. The van der Waals surface area contributed by atoms with Gasteiger partial charge in [0.15, 0.2) is 0 Å².